The minimum absolute atomic E-state index is 0.694. The van der Waals surface area contributed by atoms with Crippen molar-refractivity contribution in [1.29, 1.82) is 0 Å². The second kappa shape index (κ2) is 2.70. The lowest BCUT2D eigenvalue weighted by molar-refractivity contribution is 0.689. The van der Waals surface area contributed by atoms with Gasteiger partial charge >= 0.3 is 0 Å². The Kier molecular flexibility index (Phi) is 1.71. The maximum atomic E-state index is 3.12. The zero-order valence-corrected chi connectivity index (χ0v) is 6.45. The van der Waals surface area contributed by atoms with Gasteiger partial charge in [0, 0.05) is 23.9 Å². The van der Waals surface area contributed by atoms with Crippen molar-refractivity contribution in [3.8, 4) is 0 Å². The Bertz CT molecular complexity index is 189. The lowest BCUT2D eigenvalue weighted by atomic mass is 10.1. The van der Waals surface area contributed by atoms with Crippen LogP contribution < -0.4 is 10.9 Å². The predicted octanol–water partition coefficient (Wildman–Crippen LogP) is 0.939. The van der Waals surface area contributed by atoms with E-state index in [9.17, 15) is 0 Å². The minimum atomic E-state index is 0.694. The highest BCUT2D eigenvalue weighted by atomic mass is 32.1. The van der Waals surface area contributed by atoms with Crippen molar-refractivity contribution in [3.05, 3.63) is 22.4 Å². The third-order valence-electron chi connectivity index (χ3n) is 1.77. The number of hydrazine groups is 1. The first kappa shape index (κ1) is 6.34. The fourth-order valence-electron chi connectivity index (χ4n) is 1.19. The number of hydrogen-bond donors (Lipinski definition) is 2. The first-order valence-corrected chi connectivity index (χ1v) is 4.34. The lowest BCUT2D eigenvalue weighted by Gasteiger charge is -2.00. The van der Waals surface area contributed by atoms with Gasteiger partial charge in [-0.05, 0) is 11.4 Å². The molecule has 0 unspecified atom stereocenters. The topological polar surface area (TPSA) is 24.1 Å². The molecule has 2 rings (SSSR count). The maximum absolute atomic E-state index is 3.12. The van der Waals surface area contributed by atoms with Gasteiger partial charge < -0.3 is 0 Å². The Labute approximate surface area is 64.2 Å². The molecule has 1 aromatic rings. The van der Waals surface area contributed by atoms with Gasteiger partial charge in [-0.25, -0.2) is 0 Å². The highest BCUT2D eigenvalue weighted by Crippen LogP contribution is 2.21. The molecule has 0 bridgehead atoms. The van der Waals surface area contributed by atoms with Gasteiger partial charge in [0.15, 0.2) is 0 Å². The summed E-state index contributed by atoms with van der Waals surface area (Å²) in [6.07, 6.45) is 0. The monoisotopic (exact) mass is 154 g/mol. The van der Waals surface area contributed by atoms with Gasteiger partial charge in [0.25, 0.3) is 0 Å². The molecule has 0 aromatic carbocycles. The summed E-state index contributed by atoms with van der Waals surface area (Å²) in [5, 5.41) is 2.13. The number of nitrogens with one attached hydrogen (secondary N) is 2. The normalized spacial score (nSPS) is 20.0. The molecular weight excluding hydrogens is 144 g/mol. The Morgan fingerprint density at radius 3 is 2.80 bits per heavy atom. The van der Waals surface area contributed by atoms with E-state index < -0.39 is 0 Å². The molecule has 2 nitrogen and oxygen atoms in total. The van der Waals surface area contributed by atoms with Crippen LogP contribution >= 0.6 is 11.3 Å². The summed E-state index contributed by atoms with van der Waals surface area (Å²) in [7, 11) is 0. The first-order chi connectivity index (χ1) is 4.97. The van der Waals surface area contributed by atoms with Crippen molar-refractivity contribution in [2.75, 3.05) is 13.1 Å². The highest BCUT2D eigenvalue weighted by molar-refractivity contribution is 7.10. The summed E-state index contributed by atoms with van der Waals surface area (Å²) in [6.45, 7) is 2.14. The van der Waals surface area contributed by atoms with E-state index in [1.54, 1.807) is 0 Å². The summed E-state index contributed by atoms with van der Waals surface area (Å²) in [6, 6.07) is 4.31. The molecule has 10 heavy (non-hydrogen) atoms. The second-order valence-electron chi connectivity index (χ2n) is 2.47. The van der Waals surface area contributed by atoms with E-state index in [1.165, 1.54) is 4.88 Å². The van der Waals surface area contributed by atoms with Crippen molar-refractivity contribution in [3.63, 3.8) is 0 Å². The van der Waals surface area contributed by atoms with Gasteiger partial charge in [0.2, 0.25) is 0 Å². The van der Waals surface area contributed by atoms with Crippen LogP contribution in [0.1, 0.15) is 10.8 Å². The van der Waals surface area contributed by atoms with Crippen LogP contribution in [0, 0.1) is 0 Å². The summed E-state index contributed by atoms with van der Waals surface area (Å²) in [4.78, 5) is 1.48. The molecule has 0 amide bonds. The Balaban J connectivity index is 2.12. The standard InChI is InChI=1S/C7H10N2S/c1-2-7(10-3-1)6-4-8-9-5-6/h1-3,6,8-9H,4-5H2. The van der Waals surface area contributed by atoms with Gasteiger partial charge in [-0.15, -0.1) is 11.3 Å². The summed E-state index contributed by atoms with van der Waals surface area (Å²) in [5.74, 6) is 0.694. The average molecular weight is 154 g/mol. The van der Waals surface area contributed by atoms with Gasteiger partial charge in [0.1, 0.15) is 0 Å². The zero-order chi connectivity index (χ0) is 6.81. The number of hydrogen-bond acceptors (Lipinski definition) is 3. The van der Waals surface area contributed by atoms with E-state index in [0.717, 1.165) is 13.1 Å². The van der Waals surface area contributed by atoms with Crippen LogP contribution in [0.25, 0.3) is 0 Å². The molecule has 1 aliphatic rings. The lowest BCUT2D eigenvalue weighted by Crippen LogP contribution is -2.21. The summed E-state index contributed by atoms with van der Waals surface area (Å²) >= 11 is 1.84. The molecule has 2 N–H and O–H groups in total. The van der Waals surface area contributed by atoms with Crippen molar-refractivity contribution in [1.82, 2.24) is 10.9 Å². The van der Waals surface area contributed by atoms with Crippen LogP contribution in [-0.2, 0) is 0 Å². The third-order valence-corrected chi connectivity index (χ3v) is 2.80. The van der Waals surface area contributed by atoms with Gasteiger partial charge in [-0.1, -0.05) is 6.07 Å². The van der Waals surface area contributed by atoms with E-state index in [1.807, 2.05) is 11.3 Å². The molecule has 1 aromatic heterocycles. The van der Waals surface area contributed by atoms with Crippen LogP contribution in [0.3, 0.4) is 0 Å². The van der Waals surface area contributed by atoms with Gasteiger partial charge in [-0.3, -0.25) is 10.9 Å². The van der Waals surface area contributed by atoms with Crippen molar-refractivity contribution >= 4 is 11.3 Å². The zero-order valence-electron chi connectivity index (χ0n) is 5.63. The second-order valence-corrected chi connectivity index (χ2v) is 3.45. The molecule has 1 aliphatic heterocycles. The van der Waals surface area contributed by atoms with E-state index in [4.69, 9.17) is 0 Å². The molecule has 0 spiro atoms. The molecule has 3 heteroatoms. The Morgan fingerprint density at radius 1 is 1.40 bits per heavy atom. The molecule has 54 valence electrons. The fraction of sp³-hybridized carbons (Fsp3) is 0.429. The van der Waals surface area contributed by atoms with Gasteiger partial charge in [0.05, 0.1) is 0 Å². The van der Waals surface area contributed by atoms with Crippen LogP contribution in [0.4, 0.5) is 0 Å². The summed E-state index contributed by atoms with van der Waals surface area (Å²) < 4.78 is 0. The van der Waals surface area contributed by atoms with Crippen LogP contribution in [0.15, 0.2) is 17.5 Å². The van der Waals surface area contributed by atoms with Crippen molar-refractivity contribution in [2.24, 2.45) is 0 Å². The number of rotatable bonds is 1. The number of thiophene rings is 1. The quantitative estimate of drug-likeness (QED) is 0.629. The third kappa shape index (κ3) is 1.08. The molecule has 1 fully saturated rings. The minimum Gasteiger partial charge on any atom is -0.257 e. The van der Waals surface area contributed by atoms with E-state index in [0.29, 0.717) is 5.92 Å². The van der Waals surface area contributed by atoms with E-state index in [2.05, 4.69) is 28.4 Å². The molecule has 2 heterocycles. The Hall–Kier alpha value is -0.380. The van der Waals surface area contributed by atoms with E-state index >= 15 is 0 Å². The predicted molar refractivity (Wildman–Crippen MR) is 43.1 cm³/mol. The van der Waals surface area contributed by atoms with Crippen LogP contribution in [0.5, 0.6) is 0 Å². The molecular formula is C7H10N2S. The largest absolute Gasteiger partial charge is 0.257 e. The van der Waals surface area contributed by atoms with E-state index in [-0.39, 0.29) is 0 Å². The maximum Gasteiger partial charge on any atom is 0.0210 e. The Morgan fingerprint density at radius 2 is 2.20 bits per heavy atom. The van der Waals surface area contributed by atoms with Crippen molar-refractivity contribution < 1.29 is 0 Å². The molecule has 0 atom stereocenters. The summed E-state index contributed by atoms with van der Waals surface area (Å²) in [5.41, 5.74) is 6.23. The molecule has 0 radical (unpaired) electrons. The molecule has 0 saturated carbocycles. The highest BCUT2D eigenvalue weighted by Gasteiger charge is 2.16. The molecule has 1 saturated heterocycles. The van der Waals surface area contributed by atoms with Gasteiger partial charge in [-0.2, -0.15) is 0 Å². The SMILES string of the molecule is c1csc(C2CNNC2)c1. The molecule has 0 aliphatic carbocycles. The van der Waals surface area contributed by atoms with Crippen molar-refractivity contribution in [2.45, 2.75) is 5.92 Å². The average Bonchev–Trinajstić information content (AvgIpc) is 2.59. The first-order valence-electron chi connectivity index (χ1n) is 3.46. The van der Waals surface area contributed by atoms with Crippen LogP contribution in [-0.4, -0.2) is 13.1 Å². The smallest absolute Gasteiger partial charge is 0.0210 e. The fourth-order valence-corrected chi connectivity index (χ4v) is 2.02. The van der Waals surface area contributed by atoms with Crippen LogP contribution in [0.2, 0.25) is 0 Å².